The molecule has 3 aromatic heterocycles. The molecular weight excluding hydrogens is 452 g/mol. The Bertz CT molecular complexity index is 1860. The molecule has 0 N–H and O–H groups in total. The summed E-state index contributed by atoms with van der Waals surface area (Å²) in [6.07, 6.45) is 9.33. The Morgan fingerprint density at radius 1 is 0.757 bits per heavy atom. The summed E-state index contributed by atoms with van der Waals surface area (Å²) >= 11 is 0. The number of benzene rings is 3. The van der Waals surface area contributed by atoms with E-state index < -0.39 is 0 Å². The van der Waals surface area contributed by atoms with Gasteiger partial charge in [0.05, 0.1) is 22.4 Å². The fourth-order valence-corrected chi connectivity index (χ4v) is 4.76. The molecule has 0 amide bonds. The van der Waals surface area contributed by atoms with Gasteiger partial charge in [-0.3, -0.25) is 9.98 Å². The number of aliphatic imine (C=N–C) groups is 1. The molecule has 0 saturated heterocycles. The van der Waals surface area contributed by atoms with E-state index in [1.54, 1.807) is 6.20 Å². The van der Waals surface area contributed by atoms with Crippen molar-refractivity contribution in [3.05, 3.63) is 121 Å². The molecule has 3 heterocycles. The number of rotatable bonds is 5. The molecule has 0 saturated carbocycles. The summed E-state index contributed by atoms with van der Waals surface area (Å²) in [6.45, 7) is 5.52. The van der Waals surface area contributed by atoms with Crippen LogP contribution in [0.4, 0.5) is 0 Å². The van der Waals surface area contributed by atoms with E-state index in [-0.39, 0.29) is 0 Å². The molecule has 0 fully saturated rings. The first kappa shape index (κ1) is 22.5. The van der Waals surface area contributed by atoms with Crippen LogP contribution < -0.4 is 0 Å². The van der Waals surface area contributed by atoms with Crippen molar-refractivity contribution in [1.29, 1.82) is 0 Å². The monoisotopic (exact) mass is 476 g/mol. The molecule has 0 atom stereocenters. The minimum absolute atomic E-state index is 0.855. The maximum atomic E-state index is 5.14. The molecule has 6 rings (SSSR count). The van der Waals surface area contributed by atoms with Crippen LogP contribution in [0.3, 0.4) is 0 Å². The highest BCUT2D eigenvalue weighted by atomic mass is 14.8. The molecular formula is C33H24N4. The lowest BCUT2D eigenvalue weighted by atomic mass is 10.0. The summed E-state index contributed by atoms with van der Waals surface area (Å²) in [7, 11) is 0. The van der Waals surface area contributed by atoms with E-state index in [1.165, 1.54) is 10.8 Å². The SMILES string of the molecule is C=N/C=C\C(=C/C)c1cncc(-c2ccc3ccc4ccc(-c5cccc6ccccc56)nc4c3n2)c1. The Hall–Kier alpha value is -4.96. The predicted octanol–water partition coefficient (Wildman–Crippen LogP) is 8.28. The lowest BCUT2D eigenvalue weighted by Gasteiger charge is -2.10. The highest BCUT2D eigenvalue weighted by Gasteiger charge is 2.11. The average Bonchev–Trinajstić information content (AvgIpc) is 2.97. The third-order valence-corrected chi connectivity index (χ3v) is 6.62. The number of nitrogens with zero attached hydrogens (tertiary/aromatic N) is 4. The zero-order chi connectivity index (χ0) is 25.2. The Kier molecular flexibility index (Phi) is 5.83. The number of hydrogen-bond donors (Lipinski definition) is 0. The van der Waals surface area contributed by atoms with Crippen molar-refractivity contribution >= 4 is 44.9 Å². The van der Waals surface area contributed by atoms with E-state index >= 15 is 0 Å². The topological polar surface area (TPSA) is 51.0 Å². The number of fused-ring (bicyclic) bond motifs is 4. The van der Waals surface area contributed by atoms with Gasteiger partial charge in [0.15, 0.2) is 0 Å². The molecule has 0 aliphatic heterocycles. The molecule has 3 aromatic carbocycles. The fraction of sp³-hybridized carbons (Fsp3) is 0.0303. The van der Waals surface area contributed by atoms with E-state index in [2.05, 4.69) is 95.6 Å². The van der Waals surface area contributed by atoms with Crippen LogP contribution in [-0.2, 0) is 0 Å². The van der Waals surface area contributed by atoms with Crippen LogP contribution in [0.25, 0.3) is 60.7 Å². The van der Waals surface area contributed by atoms with Crippen LogP contribution in [0.15, 0.2) is 121 Å². The first-order chi connectivity index (χ1) is 18.2. The van der Waals surface area contributed by atoms with Crippen molar-refractivity contribution in [2.24, 2.45) is 4.99 Å². The molecule has 0 spiro atoms. The Labute approximate surface area is 215 Å². The first-order valence-electron chi connectivity index (χ1n) is 12.2. The molecule has 0 aliphatic carbocycles. The molecule has 176 valence electrons. The van der Waals surface area contributed by atoms with E-state index in [9.17, 15) is 0 Å². The van der Waals surface area contributed by atoms with Gasteiger partial charge in [-0.25, -0.2) is 9.97 Å². The standard InChI is InChI=1S/C33H24N4/c1-3-22(17-18-34-2)26-19-27(21-35-20-26)30-15-13-24-11-12-25-14-16-31(37-33(25)32(24)36-30)29-10-6-8-23-7-4-5-9-28(23)29/h3-21H,2H2,1H3/b18-17-,22-3+. The van der Waals surface area contributed by atoms with Crippen LogP contribution in [0, 0.1) is 0 Å². The van der Waals surface area contributed by atoms with Gasteiger partial charge >= 0.3 is 0 Å². The smallest absolute Gasteiger partial charge is 0.0972 e. The Morgan fingerprint density at radius 3 is 2.24 bits per heavy atom. The highest BCUT2D eigenvalue weighted by molar-refractivity contribution is 6.05. The van der Waals surface area contributed by atoms with E-state index in [4.69, 9.17) is 9.97 Å². The van der Waals surface area contributed by atoms with E-state index in [1.807, 2.05) is 37.5 Å². The molecule has 0 radical (unpaired) electrons. The Balaban J connectivity index is 1.51. The number of pyridine rings is 3. The molecule has 4 heteroatoms. The summed E-state index contributed by atoms with van der Waals surface area (Å²) in [4.78, 5) is 18.5. The van der Waals surface area contributed by atoms with Crippen LogP contribution in [0.1, 0.15) is 12.5 Å². The summed E-state index contributed by atoms with van der Waals surface area (Å²) in [5.74, 6) is 0. The molecule has 6 aromatic rings. The predicted molar refractivity (Wildman–Crippen MR) is 156 cm³/mol. The number of allylic oxidation sites excluding steroid dienone is 3. The second-order valence-electron chi connectivity index (χ2n) is 8.83. The maximum Gasteiger partial charge on any atom is 0.0972 e. The van der Waals surface area contributed by atoms with Gasteiger partial charge in [0, 0.05) is 46.1 Å². The zero-order valence-corrected chi connectivity index (χ0v) is 20.5. The normalized spacial score (nSPS) is 12.1. The minimum Gasteiger partial charge on any atom is -0.272 e. The van der Waals surface area contributed by atoms with Crippen molar-refractivity contribution in [3.63, 3.8) is 0 Å². The molecule has 0 bridgehead atoms. The second-order valence-corrected chi connectivity index (χ2v) is 8.83. The van der Waals surface area contributed by atoms with Gasteiger partial charge in [-0.05, 0) is 54.3 Å². The van der Waals surface area contributed by atoms with Crippen molar-refractivity contribution in [2.45, 2.75) is 6.92 Å². The van der Waals surface area contributed by atoms with Gasteiger partial charge in [-0.1, -0.05) is 72.8 Å². The van der Waals surface area contributed by atoms with Crippen molar-refractivity contribution in [3.8, 4) is 22.5 Å². The van der Waals surface area contributed by atoms with E-state index in [0.717, 1.165) is 55.5 Å². The van der Waals surface area contributed by atoms with Crippen LogP contribution in [0.2, 0.25) is 0 Å². The third-order valence-electron chi connectivity index (χ3n) is 6.62. The van der Waals surface area contributed by atoms with Crippen LogP contribution in [-0.4, -0.2) is 21.7 Å². The largest absolute Gasteiger partial charge is 0.272 e. The quantitative estimate of drug-likeness (QED) is 0.143. The van der Waals surface area contributed by atoms with Crippen LogP contribution >= 0.6 is 0 Å². The third kappa shape index (κ3) is 4.19. The summed E-state index contributed by atoms with van der Waals surface area (Å²) < 4.78 is 0. The van der Waals surface area contributed by atoms with Gasteiger partial charge in [0.1, 0.15) is 0 Å². The molecule has 37 heavy (non-hydrogen) atoms. The molecule has 4 nitrogen and oxygen atoms in total. The molecule has 0 unspecified atom stereocenters. The Morgan fingerprint density at radius 2 is 1.46 bits per heavy atom. The summed E-state index contributed by atoms with van der Waals surface area (Å²) in [6, 6.07) is 29.5. The van der Waals surface area contributed by atoms with E-state index in [0.29, 0.717) is 0 Å². The number of aromatic nitrogens is 3. The van der Waals surface area contributed by atoms with Crippen molar-refractivity contribution < 1.29 is 0 Å². The van der Waals surface area contributed by atoms with Gasteiger partial charge in [-0.2, -0.15) is 0 Å². The van der Waals surface area contributed by atoms with Gasteiger partial charge in [0.2, 0.25) is 0 Å². The first-order valence-corrected chi connectivity index (χ1v) is 12.2. The van der Waals surface area contributed by atoms with Crippen LogP contribution in [0.5, 0.6) is 0 Å². The lowest BCUT2D eigenvalue weighted by molar-refractivity contribution is 1.29. The number of hydrogen-bond acceptors (Lipinski definition) is 4. The molecule has 0 aliphatic rings. The minimum atomic E-state index is 0.855. The zero-order valence-electron chi connectivity index (χ0n) is 20.5. The van der Waals surface area contributed by atoms with Crippen molar-refractivity contribution in [2.75, 3.05) is 0 Å². The second kappa shape index (κ2) is 9.59. The average molecular weight is 477 g/mol. The fourth-order valence-electron chi connectivity index (χ4n) is 4.76. The van der Waals surface area contributed by atoms with Gasteiger partial charge < -0.3 is 0 Å². The highest BCUT2D eigenvalue weighted by Crippen LogP contribution is 2.32. The summed E-state index contributed by atoms with van der Waals surface area (Å²) in [5, 5.41) is 4.50. The lowest BCUT2D eigenvalue weighted by Crippen LogP contribution is -1.92. The van der Waals surface area contributed by atoms with Gasteiger partial charge in [0.25, 0.3) is 0 Å². The van der Waals surface area contributed by atoms with Crippen molar-refractivity contribution in [1.82, 2.24) is 15.0 Å². The maximum absolute atomic E-state index is 5.14. The summed E-state index contributed by atoms with van der Waals surface area (Å²) in [5.41, 5.74) is 7.64. The van der Waals surface area contributed by atoms with Gasteiger partial charge in [-0.15, -0.1) is 0 Å².